The summed E-state index contributed by atoms with van der Waals surface area (Å²) in [6.07, 6.45) is 3.56. The van der Waals surface area contributed by atoms with E-state index >= 15 is 0 Å². The summed E-state index contributed by atoms with van der Waals surface area (Å²) in [5.74, 6) is 1.84. The number of Topliss-reactive ketones (excluding diaryl/α,β-unsaturated/α-hetero) is 1. The van der Waals surface area contributed by atoms with E-state index in [1.807, 2.05) is 30.3 Å². The number of hydrogen-bond acceptors (Lipinski definition) is 2. The van der Waals surface area contributed by atoms with Crippen molar-refractivity contribution in [2.24, 2.45) is 5.92 Å². The van der Waals surface area contributed by atoms with Crippen LogP contribution < -0.4 is 0 Å². The summed E-state index contributed by atoms with van der Waals surface area (Å²) in [6.45, 7) is 0. The number of benzene rings is 1. The Labute approximate surface area is 105 Å². The molecule has 1 aliphatic carbocycles. The van der Waals surface area contributed by atoms with Gasteiger partial charge in [-0.3, -0.25) is 9.00 Å². The van der Waals surface area contributed by atoms with Crippen molar-refractivity contribution in [2.75, 3.05) is 5.75 Å². The Morgan fingerprint density at radius 1 is 1.24 bits per heavy atom. The van der Waals surface area contributed by atoms with Crippen LogP contribution in [-0.2, 0) is 21.3 Å². The molecule has 17 heavy (non-hydrogen) atoms. The lowest BCUT2D eigenvalue weighted by atomic mass is 10.1. The Hall–Kier alpha value is -0.960. The fourth-order valence-corrected chi connectivity index (χ4v) is 3.56. The van der Waals surface area contributed by atoms with Gasteiger partial charge in [-0.1, -0.05) is 30.3 Å². The summed E-state index contributed by atoms with van der Waals surface area (Å²) in [6, 6.07) is 9.89. The smallest absolute Gasteiger partial charge is 0.136 e. The fourth-order valence-electron chi connectivity index (χ4n) is 2.30. The van der Waals surface area contributed by atoms with E-state index in [1.54, 1.807) is 0 Å². The maximum Gasteiger partial charge on any atom is 0.136 e. The molecule has 3 heteroatoms. The van der Waals surface area contributed by atoms with Gasteiger partial charge < -0.3 is 0 Å². The number of carbonyl (C=O) groups is 1. The molecule has 2 unspecified atom stereocenters. The zero-order chi connectivity index (χ0) is 12.1. The lowest BCUT2D eigenvalue weighted by molar-refractivity contribution is -0.120. The van der Waals surface area contributed by atoms with Gasteiger partial charge in [0.2, 0.25) is 0 Å². The molecule has 0 N–H and O–H groups in total. The normalized spacial score (nSPS) is 21.6. The first-order valence-corrected chi connectivity index (χ1v) is 7.66. The zero-order valence-corrected chi connectivity index (χ0v) is 10.7. The third kappa shape index (κ3) is 3.77. The molecule has 1 aliphatic rings. The van der Waals surface area contributed by atoms with Crippen molar-refractivity contribution >= 4 is 16.6 Å². The fraction of sp³-hybridized carbons (Fsp3) is 0.500. The Balaban J connectivity index is 1.76. The molecule has 0 spiro atoms. The molecule has 0 aromatic heterocycles. The summed E-state index contributed by atoms with van der Waals surface area (Å²) in [5, 5.41) is 0. The second-order valence-electron chi connectivity index (χ2n) is 4.62. The van der Waals surface area contributed by atoms with Crippen LogP contribution in [0, 0.1) is 5.92 Å². The van der Waals surface area contributed by atoms with Crippen molar-refractivity contribution in [1.29, 1.82) is 0 Å². The maximum atomic E-state index is 11.9. The molecule has 92 valence electrons. The van der Waals surface area contributed by atoms with Crippen LogP contribution >= 0.6 is 0 Å². The Morgan fingerprint density at radius 3 is 2.65 bits per heavy atom. The van der Waals surface area contributed by atoms with E-state index in [2.05, 4.69) is 0 Å². The summed E-state index contributed by atoms with van der Waals surface area (Å²) in [7, 11) is -0.834. The van der Waals surface area contributed by atoms with Crippen LogP contribution in [0.1, 0.15) is 31.2 Å². The van der Waals surface area contributed by atoms with Gasteiger partial charge in [0.15, 0.2) is 0 Å². The van der Waals surface area contributed by atoms with Crippen molar-refractivity contribution < 1.29 is 9.00 Å². The monoisotopic (exact) mass is 250 g/mol. The van der Waals surface area contributed by atoms with Crippen molar-refractivity contribution in [3.05, 3.63) is 35.9 Å². The zero-order valence-electron chi connectivity index (χ0n) is 9.93. The summed E-state index contributed by atoms with van der Waals surface area (Å²) < 4.78 is 11.9. The van der Waals surface area contributed by atoms with E-state index in [9.17, 15) is 9.00 Å². The third-order valence-electron chi connectivity index (χ3n) is 3.30. The molecule has 1 saturated carbocycles. The van der Waals surface area contributed by atoms with E-state index in [1.165, 1.54) is 0 Å². The minimum absolute atomic E-state index is 0.190. The summed E-state index contributed by atoms with van der Waals surface area (Å²) in [4.78, 5) is 11.4. The number of carbonyl (C=O) groups excluding carboxylic acids is 1. The first kappa shape index (κ1) is 12.5. The molecular formula is C14H18O2S. The Kier molecular flexibility index (Phi) is 4.49. The Bertz CT molecular complexity index is 400. The van der Waals surface area contributed by atoms with Gasteiger partial charge in [0.1, 0.15) is 5.78 Å². The lowest BCUT2D eigenvalue weighted by Gasteiger charge is -2.07. The molecule has 0 saturated heterocycles. The van der Waals surface area contributed by atoms with Gasteiger partial charge in [-0.25, -0.2) is 0 Å². The minimum atomic E-state index is -0.834. The number of hydrogen-bond donors (Lipinski definition) is 0. The topological polar surface area (TPSA) is 34.1 Å². The second kappa shape index (κ2) is 6.10. The maximum absolute atomic E-state index is 11.9. The molecule has 0 heterocycles. The minimum Gasteiger partial charge on any atom is -0.299 e. The van der Waals surface area contributed by atoms with Gasteiger partial charge >= 0.3 is 0 Å². The molecule has 0 radical (unpaired) electrons. The quantitative estimate of drug-likeness (QED) is 0.805. The molecule has 0 bridgehead atoms. The van der Waals surface area contributed by atoms with E-state index in [0.717, 1.165) is 31.2 Å². The van der Waals surface area contributed by atoms with Crippen LogP contribution in [-0.4, -0.2) is 15.7 Å². The third-order valence-corrected chi connectivity index (χ3v) is 4.64. The van der Waals surface area contributed by atoms with Crippen LogP contribution in [0.5, 0.6) is 0 Å². The average Bonchev–Trinajstić information content (AvgIpc) is 2.74. The van der Waals surface area contributed by atoms with Crippen molar-refractivity contribution in [1.82, 2.24) is 0 Å². The van der Waals surface area contributed by atoms with E-state index in [-0.39, 0.29) is 5.92 Å². The Morgan fingerprint density at radius 2 is 2.00 bits per heavy atom. The number of ketones is 1. The summed E-state index contributed by atoms with van der Waals surface area (Å²) in [5.41, 5.74) is 1.11. The highest BCUT2D eigenvalue weighted by atomic mass is 32.2. The molecule has 0 aliphatic heterocycles. The van der Waals surface area contributed by atoms with Gasteiger partial charge in [0.25, 0.3) is 0 Å². The van der Waals surface area contributed by atoms with Crippen molar-refractivity contribution in [3.63, 3.8) is 0 Å². The average molecular weight is 250 g/mol. The molecule has 2 atom stereocenters. The second-order valence-corrected chi connectivity index (χ2v) is 6.19. The highest BCUT2D eigenvalue weighted by molar-refractivity contribution is 7.84. The van der Waals surface area contributed by atoms with Gasteiger partial charge in [-0.05, 0) is 24.8 Å². The molecule has 2 nitrogen and oxygen atoms in total. The highest BCUT2D eigenvalue weighted by Gasteiger charge is 2.24. The molecule has 1 fully saturated rings. The predicted molar refractivity (Wildman–Crippen MR) is 70.1 cm³/mol. The van der Waals surface area contributed by atoms with Crippen molar-refractivity contribution in [2.45, 2.75) is 31.4 Å². The van der Waals surface area contributed by atoms with Gasteiger partial charge in [-0.15, -0.1) is 0 Å². The number of rotatable bonds is 5. The first-order chi connectivity index (χ1) is 8.25. The van der Waals surface area contributed by atoms with Gasteiger partial charge in [0.05, 0.1) is 0 Å². The molecular weight excluding hydrogens is 232 g/mol. The van der Waals surface area contributed by atoms with Crippen LogP contribution in [0.3, 0.4) is 0 Å². The van der Waals surface area contributed by atoms with Crippen LogP contribution in [0.2, 0.25) is 0 Å². The van der Waals surface area contributed by atoms with Crippen LogP contribution in [0.25, 0.3) is 0 Å². The van der Waals surface area contributed by atoms with E-state index in [4.69, 9.17) is 0 Å². The standard InChI is InChI=1S/C14H18O2S/c15-14-8-4-7-13(14)9-10-17(16)11-12-5-2-1-3-6-12/h1-3,5-6,13H,4,7-11H2. The first-order valence-electron chi connectivity index (χ1n) is 6.17. The molecule has 0 amide bonds. The molecule has 2 rings (SSSR count). The molecule has 1 aromatic rings. The molecule has 1 aromatic carbocycles. The predicted octanol–water partition coefficient (Wildman–Crippen LogP) is 2.69. The SMILES string of the molecule is O=C1CCCC1CCS(=O)Cc1ccccc1. The van der Waals surface area contributed by atoms with E-state index in [0.29, 0.717) is 17.3 Å². The van der Waals surface area contributed by atoms with Crippen LogP contribution in [0.15, 0.2) is 30.3 Å². The van der Waals surface area contributed by atoms with Gasteiger partial charge in [-0.2, -0.15) is 0 Å². The van der Waals surface area contributed by atoms with Crippen molar-refractivity contribution in [3.8, 4) is 0 Å². The largest absolute Gasteiger partial charge is 0.299 e. The van der Waals surface area contributed by atoms with Crippen LogP contribution in [0.4, 0.5) is 0 Å². The lowest BCUT2D eigenvalue weighted by Crippen LogP contribution is -2.11. The highest BCUT2D eigenvalue weighted by Crippen LogP contribution is 2.24. The van der Waals surface area contributed by atoms with Gasteiger partial charge in [0, 0.05) is 34.6 Å². The summed E-state index contributed by atoms with van der Waals surface area (Å²) >= 11 is 0. The van der Waals surface area contributed by atoms with E-state index < -0.39 is 10.8 Å².